The third-order valence-corrected chi connectivity index (χ3v) is 3.54. The number of aliphatic hydroxyl groups is 1. The van der Waals surface area contributed by atoms with Gasteiger partial charge in [-0.1, -0.05) is 11.6 Å². The predicted molar refractivity (Wildman–Crippen MR) is 78.4 cm³/mol. The van der Waals surface area contributed by atoms with E-state index in [-0.39, 0.29) is 18.3 Å². The molecular weight excluding hydrogens is 280 g/mol. The van der Waals surface area contributed by atoms with Crippen LogP contribution in [0.3, 0.4) is 0 Å². The van der Waals surface area contributed by atoms with Crippen molar-refractivity contribution in [3.63, 3.8) is 0 Å². The van der Waals surface area contributed by atoms with Crippen LogP contribution in [0.5, 0.6) is 0 Å². The minimum absolute atomic E-state index is 0.00544. The van der Waals surface area contributed by atoms with Gasteiger partial charge in [0.25, 0.3) is 0 Å². The molecule has 0 saturated carbocycles. The van der Waals surface area contributed by atoms with Crippen LogP contribution in [-0.4, -0.2) is 46.4 Å². The van der Waals surface area contributed by atoms with Crippen LogP contribution in [0.4, 0.5) is 5.82 Å². The summed E-state index contributed by atoms with van der Waals surface area (Å²) >= 11 is 6.18. The van der Waals surface area contributed by atoms with E-state index in [1.807, 2.05) is 13.8 Å². The maximum atomic E-state index is 9.32. The largest absolute Gasteiger partial charge is 0.394 e. The maximum absolute atomic E-state index is 9.32. The topological polar surface area (TPSA) is 83.6 Å². The second kappa shape index (κ2) is 6.24. The monoisotopic (exact) mass is 300 g/mol. The molecule has 1 saturated heterocycles. The van der Waals surface area contributed by atoms with Crippen molar-refractivity contribution in [3.05, 3.63) is 22.8 Å². The molecule has 1 unspecified atom stereocenters. The summed E-state index contributed by atoms with van der Waals surface area (Å²) in [6, 6.07) is 3.50. The Morgan fingerprint density at radius 3 is 3.00 bits per heavy atom. The van der Waals surface area contributed by atoms with E-state index < -0.39 is 0 Å². The highest BCUT2D eigenvalue weighted by Gasteiger charge is 2.33. The summed E-state index contributed by atoms with van der Waals surface area (Å²) in [5.74, 6) is 5.95. The highest BCUT2D eigenvalue weighted by atomic mass is 35.5. The molecule has 0 aliphatic carbocycles. The molecule has 0 bridgehead atoms. The standard InChI is InChI=1S/C13H21ClN4O2/c1-13(2)8-18(5-9(7-19)20-13)6-11-10(14)3-4-12(16-11)17-15/h3-4,9,19H,5-8,15H2,1-2H3,(H,16,17). The molecule has 7 heteroatoms. The van der Waals surface area contributed by atoms with E-state index in [1.54, 1.807) is 12.1 Å². The number of anilines is 1. The average Bonchev–Trinajstić information content (AvgIpc) is 2.39. The Kier molecular flexibility index (Phi) is 4.82. The number of hydrogen-bond donors (Lipinski definition) is 3. The van der Waals surface area contributed by atoms with E-state index in [0.29, 0.717) is 23.9 Å². The zero-order chi connectivity index (χ0) is 14.8. The van der Waals surface area contributed by atoms with Crippen LogP contribution in [0.2, 0.25) is 5.02 Å². The number of aliphatic hydroxyl groups excluding tert-OH is 1. The molecule has 1 fully saturated rings. The molecule has 112 valence electrons. The lowest BCUT2D eigenvalue weighted by Gasteiger charge is -2.42. The SMILES string of the molecule is CC1(C)CN(Cc2nc(NN)ccc2Cl)CC(CO)O1. The number of nitrogen functional groups attached to an aromatic ring is 1. The fourth-order valence-corrected chi connectivity index (χ4v) is 2.68. The molecule has 0 amide bonds. The normalized spacial score (nSPS) is 22.8. The third kappa shape index (κ3) is 3.80. The molecule has 1 atom stereocenters. The summed E-state index contributed by atoms with van der Waals surface area (Å²) in [7, 11) is 0. The number of nitrogens with one attached hydrogen (secondary N) is 1. The van der Waals surface area contributed by atoms with Gasteiger partial charge in [0.1, 0.15) is 5.82 Å². The summed E-state index contributed by atoms with van der Waals surface area (Å²) in [5.41, 5.74) is 2.97. The quantitative estimate of drug-likeness (QED) is 0.568. The van der Waals surface area contributed by atoms with Crippen molar-refractivity contribution < 1.29 is 9.84 Å². The van der Waals surface area contributed by atoms with E-state index in [4.69, 9.17) is 22.2 Å². The number of hydrazine groups is 1. The zero-order valence-corrected chi connectivity index (χ0v) is 12.5. The maximum Gasteiger partial charge on any atom is 0.140 e. The van der Waals surface area contributed by atoms with Crippen molar-refractivity contribution in [1.82, 2.24) is 9.88 Å². The molecule has 0 aromatic carbocycles. The van der Waals surface area contributed by atoms with Crippen molar-refractivity contribution in [1.29, 1.82) is 0 Å². The van der Waals surface area contributed by atoms with Crippen molar-refractivity contribution in [2.45, 2.75) is 32.1 Å². The van der Waals surface area contributed by atoms with E-state index in [0.717, 1.165) is 12.2 Å². The second-order valence-corrected chi connectivity index (χ2v) is 6.03. The van der Waals surface area contributed by atoms with Crippen LogP contribution in [0.1, 0.15) is 19.5 Å². The molecule has 1 aromatic rings. The molecule has 1 aliphatic heterocycles. The van der Waals surface area contributed by atoms with Gasteiger partial charge in [0.15, 0.2) is 0 Å². The van der Waals surface area contributed by atoms with Crippen molar-refractivity contribution >= 4 is 17.4 Å². The van der Waals surface area contributed by atoms with E-state index in [2.05, 4.69) is 15.3 Å². The Balaban J connectivity index is 2.12. The Hall–Kier alpha value is -0.920. The van der Waals surface area contributed by atoms with E-state index in [1.165, 1.54) is 0 Å². The van der Waals surface area contributed by atoms with Gasteiger partial charge in [-0.3, -0.25) is 4.90 Å². The summed E-state index contributed by atoms with van der Waals surface area (Å²) in [5, 5.41) is 9.93. The first-order valence-corrected chi connectivity index (χ1v) is 6.94. The number of morpholine rings is 1. The molecule has 0 radical (unpaired) electrons. The van der Waals surface area contributed by atoms with Gasteiger partial charge in [-0.05, 0) is 26.0 Å². The van der Waals surface area contributed by atoms with Crippen molar-refractivity contribution in [3.8, 4) is 0 Å². The van der Waals surface area contributed by atoms with Gasteiger partial charge < -0.3 is 15.3 Å². The number of rotatable bonds is 4. The molecule has 1 aromatic heterocycles. The second-order valence-electron chi connectivity index (χ2n) is 5.62. The Morgan fingerprint density at radius 1 is 1.60 bits per heavy atom. The number of nitrogens with zero attached hydrogens (tertiary/aromatic N) is 2. The molecule has 4 N–H and O–H groups in total. The summed E-state index contributed by atoms with van der Waals surface area (Å²) in [4.78, 5) is 6.55. The van der Waals surface area contributed by atoms with Crippen molar-refractivity contribution in [2.24, 2.45) is 5.84 Å². The Labute approximate surface area is 123 Å². The lowest BCUT2D eigenvalue weighted by Crippen LogP contribution is -2.53. The van der Waals surface area contributed by atoms with Crippen LogP contribution in [-0.2, 0) is 11.3 Å². The first kappa shape index (κ1) is 15.5. The fourth-order valence-electron chi connectivity index (χ4n) is 2.52. The number of halogens is 1. The van der Waals surface area contributed by atoms with Gasteiger partial charge in [-0.15, -0.1) is 0 Å². The van der Waals surface area contributed by atoms with Crippen molar-refractivity contribution in [2.75, 3.05) is 25.1 Å². The molecular formula is C13H21ClN4O2. The van der Waals surface area contributed by atoms with Crippen LogP contribution >= 0.6 is 11.6 Å². The number of ether oxygens (including phenoxy) is 1. The number of nitrogens with two attached hydrogens (primary N) is 1. The average molecular weight is 301 g/mol. The van der Waals surface area contributed by atoms with E-state index >= 15 is 0 Å². The lowest BCUT2D eigenvalue weighted by atomic mass is 10.1. The number of hydrogen-bond acceptors (Lipinski definition) is 6. The van der Waals surface area contributed by atoms with Gasteiger partial charge in [0, 0.05) is 19.6 Å². The van der Waals surface area contributed by atoms with Gasteiger partial charge >= 0.3 is 0 Å². The number of aromatic nitrogens is 1. The summed E-state index contributed by atoms with van der Waals surface area (Å²) in [6.45, 7) is 6.02. The first-order valence-electron chi connectivity index (χ1n) is 6.56. The summed E-state index contributed by atoms with van der Waals surface area (Å²) in [6.07, 6.45) is -0.187. The van der Waals surface area contributed by atoms with E-state index in [9.17, 15) is 5.11 Å². The van der Waals surface area contributed by atoms with Gasteiger partial charge in [0.2, 0.25) is 0 Å². The predicted octanol–water partition coefficient (Wildman–Crippen LogP) is 0.992. The van der Waals surface area contributed by atoms with Crippen LogP contribution < -0.4 is 11.3 Å². The zero-order valence-electron chi connectivity index (χ0n) is 11.8. The minimum Gasteiger partial charge on any atom is -0.394 e. The van der Waals surface area contributed by atoms with Crippen LogP contribution in [0.25, 0.3) is 0 Å². The molecule has 1 aliphatic rings. The molecule has 6 nitrogen and oxygen atoms in total. The molecule has 2 heterocycles. The first-order chi connectivity index (χ1) is 9.43. The minimum atomic E-state index is -0.304. The Bertz CT molecular complexity index is 470. The lowest BCUT2D eigenvalue weighted by molar-refractivity contribution is -0.150. The Morgan fingerprint density at radius 2 is 2.35 bits per heavy atom. The van der Waals surface area contributed by atoms with Gasteiger partial charge in [0.05, 0.1) is 29.0 Å². The molecule has 20 heavy (non-hydrogen) atoms. The third-order valence-electron chi connectivity index (χ3n) is 3.20. The highest BCUT2D eigenvalue weighted by Crippen LogP contribution is 2.24. The molecule has 2 rings (SSSR count). The van der Waals surface area contributed by atoms with Gasteiger partial charge in [-0.2, -0.15) is 0 Å². The smallest absolute Gasteiger partial charge is 0.140 e. The van der Waals surface area contributed by atoms with Crippen LogP contribution in [0, 0.1) is 0 Å². The number of pyridine rings is 1. The molecule has 0 spiro atoms. The van der Waals surface area contributed by atoms with Gasteiger partial charge in [-0.25, -0.2) is 10.8 Å². The highest BCUT2D eigenvalue weighted by molar-refractivity contribution is 6.31. The fraction of sp³-hybridized carbons (Fsp3) is 0.615. The van der Waals surface area contributed by atoms with Crippen LogP contribution in [0.15, 0.2) is 12.1 Å². The summed E-state index contributed by atoms with van der Waals surface area (Å²) < 4.78 is 5.79.